The van der Waals surface area contributed by atoms with Crippen molar-refractivity contribution in [3.63, 3.8) is 0 Å². The minimum Gasteiger partial charge on any atom is -0.462 e. The fourth-order valence-electron chi connectivity index (χ4n) is 2.73. The third-order valence-electron chi connectivity index (χ3n) is 4.32. The van der Waals surface area contributed by atoms with E-state index >= 15 is 0 Å². The zero-order chi connectivity index (χ0) is 19.4. The fraction of sp³-hybridized carbons (Fsp3) is 0.300. The van der Waals surface area contributed by atoms with Gasteiger partial charge in [-0.3, -0.25) is 9.69 Å². The highest BCUT2D eigenvalue weighted by atomic mass is 32.1. The van der Waals surface area contributed by atoms with Gasteiger partial charge in [0.1, 0.15) is 16.3 Å². The van der Waals surface area contributed by atoms with Crippen molar-refractivity contribution in [1.82, 2.24) is 4.90 Å². The molecule has 0 bridgehead atoms. The first-order valence-corrected chi connectivity index (χ1v) is 9.60. The standard InChI is InChI=1S/C20H22N2O4S/c1-4-25-20(24)15-9-10-27-19(15)21-18(23)12-22(3)13(2)17-11-14-7-5-6-8-16(14)26-17/h5-11,13H,4,12H2,1-3H3,(H,21,23). The summed E-state index contributed by atoms with van der Waals surface area (Å²) in [6.45, 7) is 4.19. The summed E-state index contributed by atoms with van der Waals surface area (Å²) in [7, 11) is 1.86. The molecule has 1 atom stereocenters. The van der Waals surface area contributed by atoms with Gasteiger partial charge in [0.2, 0.25) is 5.91 Å². The van der Waals surface area contributed by atoms with Gasteiger partial charge in [-0.25, -0.2) is 4.79 Å². The summed E-state index contributed by atoms with van der Waals surface area (Å²) in [5, 5.41) is 6.09. The van der Waals surface area contributed by atoms with E-state index in [9.17, 15) is 9.59 Å². The van der Waals surface area contributed by atoms with Gasteiger partial charge in [-0.05, 0) is 44.5 Å². The molecule has 1 aromatic carbocycles. The lowest BCUT2D eigenvalue weighted by molar-refractivity contribution is -0.117. The predicted octanol–water partition coefficient (Wildman–Crippen LogP) is 4.30. The number of rotatable bonds is 7. The Kier molecular flexibility index (Phi) is 5.93. The Bertz CT molecular complexity index is 913. The van der Waals surface area contributed by atoms with Crippen LogP contribution in [0.15, 0.2) is 46.2 Å². The highest BCUT2D eigenvalue weighted by Crippen LogP contribution is 2.27. The van der Waals surface area contributed by atoms with Crippen LogP contribution in [-0.2, 0) is 9.53 Å². The molecule has 6 nitrogen and oxygen atoms in total. The summed E-state index contributed by atoms with van der Waals surface area (Å²) >= 11 is 1.30. The number of carbonyl (C=O) groups excluding carboxylic acids is 2. The Labute approximate surface area is 161 Å². The number of nitrogens with one attached hydrogen (secondary N) is 1. The largest absolute Gasteiger partial charge is 0.462 e. The first kappa shape index (κ1) is 19.1. The Balaban J connectivity index is 1.63. The molecule has 1 unspecified atom stereocenters. The third-order valence-corrected chi connectivity index (χ3v) is 5.15. The molecule has 0 aliphatic rings. The van der Waals surface area contributed by atoms with E-state index in [0.717, 1.165) is 16.7 Å². The van der Waals surface area contributed by atoms with Crippen LogP contribution in [-0.4, -0.2) is 37.0 Å². The number of benzene rings is 1. The van der Waals surface area contributed by atoms with Crippen molar-refractivity contribution in [3.8, 4) is 0 Å². The van der Waals surface area contributed by atoms with E-state index in [1.165, 1.54) is 11.3 Å². The number of amides is 1. The van der Waals surface area contributed by atoms with Gasteiger partial charge in [-0.1, -0.05) is 18.2 Å². The van der Waals surface area contributed by atoms with Gasteiger partial charge >= 0.3 is 5.97 Å². The lowest BCUT2D eigenvalue weighted by atomic mass is 10.2. The molecular weight excluding hydrogens is 364 g/mol. The zero-order valence-electron chi connectivity index (χ0n) is 15.5. The van der Waals surface area contributed by atoms with Gasteiger partial charge in [0.15, 0.2) is 0 Å². The van der Waals surface area contributed by atoms with Crippen LogP contribution in [0.4, 0.5) is 5.00 Å². The Hall–Kier alpha value is -2.64. The molecule has 0 fully saturated rings. The van der Waals surface area contributed by atoms with Crippen molar-refractivity contribution in [2.75, 3.05) is 25.5 Å². The molecule has 7 heteroatoms. The third kappa shape index (κ3) is 4.37. The van der Waals surface area contributed by atoms with E-state index in [-0.39, 0.29) is 18.5 Å². The summed E-state index contributed by atoms with van der Waals surface area (Å²) in [5.41, 5.74) is 1.21. The second kappa shape index (κ2) is 8.37. The molecule has 0 aliphatic heterocycles. The van der Waals surface area contributed by atoms with Crippen molar-refractivity contribution in [1.29, 1.82) is 0 Å². The second-order valence-electron chi connectivity index (χ2n) is 6.21. The maximum atomic E-state index is 12.4. The maximum Gasteiger partial charge on any atom is 0.341 e. The van der Waals surface area contributed by atoms with Crippen molar-refractivity contribution < 1.29 is 18.7 Å². The van der Waals surface area contributed by atoms with E-state index in [4.69, 9.17) is 9.15 Å². The normalized spacial score (nSPS) is 12.3. The van der Waals surface area contributed by atoms with Gasteiger partial charge in [-0.2, -0.15) is 0 Å². The van der Waals surface area contributed by atoms with E-state index in [2.05, 4.69) is 5.32 Å². The van der Waals surface area contributed by atoms with Gasteiger partial charge < -0.3 is 14.5 Å². The molecule has 2 heterocycles. The SMILES string of the molecule is CCOC(=O)c1ccsc1NC(=O)CN(C)C(C)c1cc2ccccc2o1. The number of para-hydroxylation sites is 1. The van der Waals surface area contributed by atoms with E-state index in [1.54, 1.807) is 18.4 Å². The van der Waals surface area contributed by atoms with Crippen molar-refractivity contribution in [3.05, 3.63) is 53.1 Å². The van der Waals surface area contributed by atoms with Gasteiger partial charge in [0.05, 0.1) is 24.8 Å². The minimum atomic E-state index is -0.432. The molecule has 27 heavy (non-hydrogen) atoms. The monoisotopic (exact) mass is 386 g/mol. The second-order valence-corrected chi connectivity index (χ2v) is 7.13. The molecule has 3 aromatic rings. The van der Waals surface area contributed by atoms with Crippen molar-refractivity contribution in [2.45, 2.75) is 19.9 Å². The predicted molar refractivity (Wildman–Crippen MR) is 106 cm³/mol. The van der Waals surface area contributed by atoms with Crippen LogP contribution in [0.1, 0.15) is 36.0 Å². The molecule has 0 saturated heterocycles. The Morgan fingerprint density at radius 1 is 1.30 bits per heavy atom. The molecule has 1 N–H and O–H groups in total. The molecule has 0 aliphatic carbocycles. The zero-order valence-corrected chi connectivity index (χ0v) is 16.3. The van der Waals surface area contributed by atoms with Crippen LogP contribution in [0.25, 0.3) is 11.0 Å². The molecule has 142 valence electrons. The van der Waals surface area contributed by atoms with E-state index < -0.39 is 5.97 Å². The number of ether oxygens (including phenoxy) is 1. The number of hydrogen-bond donors (Lipinski definition) is 1. The number of hydrogen-bond acceptors (Lipinski definition) is 6. The summed E-state index contributed by atoms with van der Waals surface area (Å²) in [6.07, 6.45) is 0. The minimum absolute atomic E-state index is 0.0731. The molecular formula is C20H22N2O4S. The topological polar surface area (TPSA) is 71.8 Å². The summed E-state index contributed by atoms with van der Waals surface area (Å²) in [5.74, 6) is 0.168. The van der Waals surface area contributed by atoms with Crippen LogP contribution < -0.4 is 5.32 Å². The number of esters is 1. The smallest absolute Gasteiger partial charge is 0.341 e. The lowest BCUT2D eigenvalue weighted by Crippen LogP contribution is -2.32. The number of likely N-dealkylation sites (N-methyl/N-ethyl adjacent to an activating group) is 1. The highest BCUT2D eigenvalue weighted by molar-refractivity contribution is 7.14. The van der Waals surface area contributed by atoms with Crippen LogP contribution in [0.3, 0.4) is 0 Å². The van der Waals surface area contributed by atoms with Gasteiger partial charge in [0, 0.05) is 5.39 Å². The molecule has 0 saturated carbocycles. The van der Waals surface area contributed by atoms with Crippen LogP contribution in [0.5, 0.6) is 0 Å². The van der Waals surface area contributed by atoms with Crippen LogP contribution in [0, 0.1) is 0 Å². The molecule has 2 aromatic heterocycles. The summed E-state index contributed by atoms with van der Waals surface area (Å²) < 4.78 is 10.9. The number of fused-ring (bicyclic) bond motifs is 1. The quantitative estimate of drug-likeness (QED) is 0.613. The van der Waals surface area contributed by atoms with Crippen LogP contribution >= 0.6 is 11.3 Å². The molecule has 3 rings (SSSR count). The molecule has 0 spiro atoms. The fourth-order valence-corrected chi connectivity index (χ4v) is 3.52. The number of nitrogens with zero attached hydrogens (tertiary/aromatic N) is 1. The first-order chi connectivity index (χ1) is 13.0. The van der Waals surface area contributed by atoms with Crippen molar-refractivity contribution >= 4 is 39.2 Å². The van der Waals surface area contributed by atoms with E-state index in [1.807, 2.05) is 49.2 Å². The lowest BCUT2D eigenvalue weighted by Gasteiger charge is -2.22. The average molecular weight is 386 g/mol. The number of furan rings is 1. The number of carbonyl (C=O) groups is 2. The van der Waals surface area contributed by atoms with Crippen LogP contribution in [0.2, 0.25) is 0 Å². The summed E-state index contributed by atoms with van der Waals surface area (Å²) in [6, 6.07) is 11.4. The first-order valence-electron chi connectivity index (χ1n) is 8.72. The number of anilines is 1. The molecule has 1 amide bonds. The van der Waals surface area contributed by atoms with Crippen molar-refractivity contribution in [2.24, 2.45) is 0 Å². The number of thiophene rings is 1. The Morgan fingerprint density at radius 3 is 2.81 bits per heavy atom. The Morgan fingerprint density at radius 2 is 2.07 bits per heavy atom. The average Bonchev–Trinajstić information content (AvgIpc) is 3.27. The van der Waals surface area contributed by atoms with E-state index in [0.29, 0.717) is 17.2 Å². The maximum absolute atomic E-state index is 12.4. The highest BCUT2D eigenvalue weighted by Gasteiger charge is 2.20. The summed E-state index contributed by atoms with van der Waals surface area (Å²) in [4.78, 5) is 26.2. The molecule has 0 radical (unpaired) electrons. The van der Waals surface area contributed by atoms with Gasteiger partial charge in [0.25, 0.3) is 0 Å². The van der Waals surface area contributed by atoms with Gasteiger partial charge in [-0.15, -0.1) is 11.3 Å².